The summed E-state index contributed by atoms with van der Waals surface area (Å²) >= 11 is 0. The van der Waals surface area contributed by atoms with E-state index in [9.17, 15) is 0 Å². The van der Waals surface area contributed by atoms with Crippen molar-refractivity contribution in [3.05, 3.63) is 131 Å². The van der Waals surface area contributed by atoms with Gasteiger partial charge in [-0.25, -0.2) is 0 Å². The van der Waals surface area contributed by atoms with Crippen LogP contribution in [0.25, 0.3) is 43.8 Å². The zero-order chi connectivity index (χ0) is 35.9. The SMILES string of the molecule is CC(C)Cc1ccccc1-c1cccc2[cH-]c(C(C)(C)C)cc12.CC(C)Cc1ccccc1-c1cccc2[cH-]c(C(C)(C)C)cc12.C[Si]C.[Zr+2]. The van der Waals surface area contributed by atoms with Crippen LogP contribution in [0.1, 0.15) is 91.5 Å². The molecule has 0 atom stereocenters. The Balaban J connectivity index is 0.000000246. The molecule has 0 heterocycles. The molecule has 0 unspecified atom stereocenters. The van der Waals surface area contributed by atoms with Gasteiger partial charge in [-0.3, -0.25) is 0 Å². The van der Waals surface area contributed by atoms with Crippen LogP contribution in [0.4, 0.5) is 0 Å². The molecule has 2 heteroatoms. The Morgan fingerprint density at radius 2 is 0.820 bits per heavy atom. The first kappa shape index (κ1) is 41.6. The fourth-order valence-corrected chi connectivity index (χ4v) is 6.61. The van der Waals surface area contributed by atoms with Crippen molar-refractivity contribution in [2.24, 2.45) is 11.8 Å². The van der Waals surface area contributed by atoms with Gasteiger partial charge in [0.2, 0.25) is 0 Å². The third kappa shape index (κ3) is 10.6. The van der Waals surface area contributed by atoms with Gasteiger partial charge in [0.05, 0.1) is 0 Å². The molecule has 0 amide bonds. The monoisotopic (exact) mass is 754 g/mol. The molecule has 0 aromatic heterocycles. The van der Waals surface area contributed by atoms with Gasteiger partial charge < -0.3 is 0 Å². The van der Waals surface area contributed by atoms with Crippen LogP contribution < -0.4 is 0 Å². The summed E-state index contributed by atoms with van der Waals surface area (Å²) in [6.45, 7) is 27.2. The van der Waals surface area contributed by atoms with Crippen molar-refractivity contribution in [2.75, 3.05) is 0 Å². The molecule has 0 fully saturated rings. The molecule has 6 aromatic rings. The molecule has 6 aromatic carbocycles. The first-order valence-electron chi connectivity index (χ1n) is 18.3. The summed E-state index contributed by atoms with van der Waals surface area (Å²) in [6, 6.07) is 40.6. The molecule has 6 rings (SSSR count). The Morgan fingerprint density at radius 1 is 0.500 bits per heavy atom. The van der Waals surface area contributed by atoms with E-state index < -0.39 is 0 Å². The molecule has 2 radical (unpaired) electrons. The quantitative estimate of drug-likeness (QED) is 0.117. The smallest absolute Gasteiger partial charge is 0.164 e. The molecule has 260 valence electrons. The zero-order valence-electron chi connectivity index (χ0n) is 33.0. The average Bonchev–Trinajstić information content (AvgIpc) is 3.68. The van der Waals surface area contributed by atoms with Crippen LogP contribution in [-0.4, -0.2) is 9.52 Å². The van der Waals surface area contributed by atoms with E-state index in [0.29, 0.717) is 11.8 Å². The maximum absolute atomic E-state index is 2.39. The molecule has 50 heavy (non-hydrogen) atoms. The number of benzene rings is 4. The van der Waals surface area contributed by atoms with E-state index in [-0.39, 0.29) is 37.0 Å². The molecule has 0 nitrogen and oxygen atoms in total. The Kier molecular flexibility index (Phi) is 15.1. The van der Waals surface area contributed by atoms with Gasteiger partial charge in [-0.15, -0.1) is 69.1 Å². The first-order valence-corrected chi connectivity index (χ1v) is 20.3. The van der Waals surface area contributed by atoms with Crippen LogP contribution in [0, 0.1) is 11.8 Å². The van der Waals surface area contributed by atoms with Gasteiger partial charge in [0.25, 0.3) is 0 Å². The molecule has 0 aliphatic carbocycles. The Labute approximate surface area is 326 Å². The van der Waals surface area contributed by atoms with Crippen molar-refractivity contribution < 1.29 is 26.2 Å². The standard InChI is InChI=1S/2C23H27.C2H6Si.Zr/c2*1-16(2)13-17-9-6-7-11-20(17)21-12-8-10-18-14-19(15-22(18)21)23(3,4)5;1-3-2;/h2*6-12,14-16H,13H2,1-5H3;1-2H3;/q2*-1;;+2. The zero-order valence-corrected chi connectivity index (χ0v) is 36.4. The van der Waals surface area contributed by atoms with Crippen LogP contribution >= 0.6 is 0 Å². The summed E-state index contributed by atoms with van der Waals surface area (Å²) in [5.74, 6) is 1.33. The molecule has 0 saturated heterocycles. The van der Waals surface area contributed by atoms with E-state index in [2.05, 4.69) is 192 Å². The maximum atomic E-state index is 2.39. The van der Waals surface area contributed by atoms with Gasteiger partial charge in [0, 0.05) is 9.52 Å². The fourth-order valence-electron chi connectivity index (χ4n) is 6.61. The van der Waals surface area contributed by atoms with Crippen molar-refractivity contribution >= 4 is 31.1 Å². The van der Waals surface area contributed by atoms with Gasteiger partial charge in [0.1, 0.15) is 0 Å². The molecule has 0 N–H and O–H groups in total. The summed E-state index contributed by atoms with van der Waals surface area (Å²) in [5.41, 5.74) is 11.6. The summed E-state index contributed by atoms with van der Waals surface area (Å²) in [7, 11) is 1.08. The minimum Gasteiger partial charge on any atom is -0.164 e. The average molecular weight is 756 g/mol. The minimum absolute atomic E-state index is 0. The number of hydrogen-bond acceptors (Lipinski definition) is 0. The van der Waals surface area contributed by atoms with E-state index in [1.165, 1.54) is 66.1 Å². The largest absolute Gasteiger partial charge is 2.00 e. The summed E-state index contributed by atoms with van der Waals surface area (Å²) in [4.78, 5) is 0. The van der Waals surface area contributed by atoms with E-state index in [1.807, 2.05) is 0 Å². The second-order valence-electron chi connectivity index (χ2n) is 16.6. The second kappa shape index (κ2) is 18.1. The van der Waals surface area contributed by atoms with Crippen molar-refractivity contribution in [3.63, 3.8) is 0 Å². The van der Waals surface area contributed by atoms with Crippen molar-refractivity contribution in [3.8, 4) is 22.3 Å². The number of rotatable bonds is 6. The van der Waals surface area contributed by atoms with Crippen LogP contribution in [0.3, 0.4) is 0 Å². The number of hydrogen-bond donors (Lipinski definition) is 0. The van der Waals surface area contributed by atoms with Crippen LogP contribution in [0.2, 0.25) is 13.1 Å². The maximum Gasteiger partial charge on any atom is 2.00 e. The normalized spacial score (nSPS) is 11.6. The predicted molar refractivity (Wildman–Crippen MR) is 222 cm³/mol. The van der Waals surface area contributed by atoms with Crippen LogP contribution in [-0.2, 0) is 49.9 Å². The van der Waals surface area contributed by atoms with Gasteiger partial charge in [-0.05, 0) is 57.8 Å². The molecule has 0 spiro atoms. The Morgan fingerprint density at radius 3 is 1.14 bits per heavy atom. The van der Waals surface area contributed by atoms with E-state index in [0.717, 1.165) is 22.4 Å². The van der Waals surface area contributed by atoms with Gasteiger partial charge in [-0.2, -0.15) is 12.1 Å². The fraction of sp³-hybridized carbons (Fsp3) is 0.375. The second-order valence-corrected chi connectivity index (χ2v) is 17.6. The summed E-state index contributed by atoms with van der Waals surface area (Å²) in [6.07, 6.45) is 2.25. The molecule has 0 aliphatic heterocycles. The molecule has 0 saturated carbocycles. The Hall–Kier alpha value is -2.80. The first-order chi connectivity index (χ1) is 23.1. The summed E-state index contributed by atoms with van der Waals surface area (Å²) < 4.78 is 0. The van der Waals surface area contributed by atoms with Crippen molar-refractivity contribution in [1.29, 1.82) is 0 Å². The van der Waals surface area contributed by atoms with E-state index >= 15 is 0 Å². The Bertz CT molecular complexity index is 1790. The van der Waals surface area contributed by atoms with Gasteiger partial charge in [-0.1, -0.05) is 154 Å². The molecule has 0 aliphatic rings. The van der Waals surface area contributed by atoms with Gasteiger partial charge >= 0.3 is 26.2 Å². The van der Waals surface area contributed by atoms with E-state index in [4.69, 9.17) is 0 Å². The van der Waals surface area contributed by atoms with Crippen LogP contribution in [0.15, 0.2) is 109 Å². The molecular weight excluding hydrogens is 696 g/mol. The van der Waals surface area contributed by atoms with Crippen LogP contribution in [0.5, 0.6) is 0 Å². The minimum atomic E-state index is 0. The topological polar surface area (TPSA) is 0 Å². The molecule has 0 bridgehead atoms. The van der Waals surface area contributed by atoms with Gasteiger partial charge in [0.15, 0.2) is 0 Å². The third-order valence-corrected chi connectivity index (χ3v) is 9.10. The van der Waals surface area contributed by atoms with Crippen molar-refractivity contribution in [2.45, 2.75) is 106 Å². The summed E-state index contributed by atoms with van der Waals surface area (Å²) in [5, 5.41) is 5.47. The predicted octanol–water partition coefficient (Wildman–Crippen LogP) is 14.2. The molecular formula is C48H60SiZr. The number of fused-ring (bicyclic) bond motifs is 2. The van der Waals surface area contributed by atoms with E-state index in [1.54, 1.807) is 0 Å². The van der Waals surface area contributed by atoms with Crippen molar-refractivity contribution in [1.82, 2.24) is 0 Å². The third-order valence-electron chi connectivity index (χ3n) is 9.10.